The van der Waals surface area contributed by atoms with Gasteiger partial charge in [0.15, 0.2) is 0 Å². The third-order valence-corrected chi connectivity index (χ3v) is 1.91. The lowest BCUT2D eigenvalue weighted by molar-refractivity contribution is 1.20. The first-order chi connectivity index (χ1) is 6.36. The van der Waals surface area contributed by atoms with Crippen LogP contribution < -0.4 is 0 Å². The van der Waals surface area contributed by atoms with Gasteiger partial charge in [0.2, 0.25) is 0 Å². The van der Waals surface area contributed by atoms with E-state index in [2.05, 4.69) is 41.2 Å². The van der Waals surface area contributed by atoms with Crippen LogP contribution in [-0.2, 0) is 0 Å². The Morgan fingerprint density at radius 2 is 1.71 bits per heavy atom. The van der Waals surface area contributed by atoms with Crippen LogP contribution in [0.5, 0.6) is 0 Å². The van der Waals surface area contributed by atoms with E-state index < -0.39 is 0 Å². The molecule has 72 valence electrons. The molecule has 1 aromatic heterocycles. The molecule has 0 unspecified atom stereocenters. The van der Waals surface area contributed by atoms with Gasteiger partial charge in [-0.1, -0.05) is 29.8 Å². The SMILES string of the molecule is Cc1ccc(-c2cnccn2)cc1.Cl. The van der Waals surface area contributed by atoms with Gasteiger partial charge < -0.3 is 0 Å². The average molecular weight is 207 g/mol. The van der Waals surface area contributed by atoms with Crippen LogP contribution in [-0.4, -0.2) is 9.97 Å². The highest BCUT2D eigenvalue weighted by atomic mass is 35.5. The van der Waals surface area contributed by atoms with Crippen molar-refractivity contribution in [3.63, 3.8) is 0 Å². The zero-order chi connectivity index (χ0) is 9.10. The Kier molecular flexibility index (Phi) is 3.60. The van der Waals surface area contributed by atoms with E-state index in [0.29, 0.717) is 0 Å². The summed E-state index contributed by atoms with van der Waals surface area (Å²) in [6.07, 6.45) is 5.15. The second kappa shape index (κ2) is 4.72. The molecule has 0 fully saturated rings. The molecule has 0 aliphatic heterocycles. The molecule has 0 spiro atoms. The fourth-order valence-corrected chi connectivity index (χ4v) is 1.17. The van der Waals surface area contributed by atoms with Crippen molar-refractivity contribution in [1.82, 2.24) is 9.97 Å². The summed E-state index contributed by atoms with van der Waals surface area (Å²) in [5.41, 5.74) is 3.29. The van der Waals surface area contributed by atoms with Crippen molar-refractivity contribution in [3.05, 3.63) is 48.4 Å². The Morgan fingerprint density at radius 3 is 2.29 bits per heavy atom. The van der Waals surface area contributed by atoms with Crippen molar-refractivity contribution in [1.29, 1.82) is 0 Å². The maximum absolute atomic E-state index is 4.22. The van der Waals surface area contributed by atoms with Gasteiger partial charge in [0.05, 0.1) is 11.9 Å². The summed E-state index contributed by atoms with van der Waals surface area (Å²) in [5.74, 6) is 0. The van der Waals surface area contributed by atoms with Gasteiger partial charge in [-0.25, -0.2) is 0 Å². The number of aromatic nitrogens is 2. The minimum absolute atomic E-state index is 0. The van der Waals surface area contributed by atoms with Crippen LogP contribution in [0.2, 0.25) is 0 Å². The van der Waals surface area contributed by atoms with Crippen molar-refractivity contribution >= 4 is 12.4 Å². The molecule has 1 aromatic carbocycles. The monoisotopic (exact) mass is 206 g/mol. The van der Waals surface area contributed by atoms with Crippen molar-refractivity contribution in [2.75, 3.05) is 0 Å². The van der Waals surface area contributed by atoms with Gasteiger partial charge in [0.1, 0.15) is 0 Å². The Bertz CT molecular complexity index is 384. The fraction of sp³-hybridized carbons (Fsp3) is 0.0909. The predicted octanol–water partition coefficient (Wildman–Crippen LogP) is 2.87. The molecule has 0 atom stereocenters. The van der Waals surface area contributed by atoms with E-state index in [1.807, 2.05) is 0 Å². The van der Waals surface area contributed by atoms with Gasteiger partial charge in [-0.2, -0.15) is 0 Å². The molecule has 0 bridgehead atoms. The predicted molar refractivity (Wildman–Crippen MR) is 59.5 cm³/mol. The van der Waals surface area contributed by atoms with E-state index in [4.69, 9.17) is 0 Å². The number of hydrogen-bond acceptors (Lipinski definition) is 2. The lowest BCUT2D eigenvalue weighted by Crippen LogP contribution is -1.83. The summed E-state index contributed by atoms with van der Waals surface area (Å²) in [6, 6.07) is 8.26. The smallest absolute Gasteiger partial charge is 0.0885 e. The molecular formula is C11H11ClN2. The molecule has 14 heavy (non-hydrogen) atoms. The number of halogens is 1. The quantitative estimate of drug-likeness (QED) is 0.717. The van der Waals surface area contributed by atoms with E-state index >= 15 is 0 Å². The molecule has 0 N–H and O–H groups in total. The van der Waals surface area contributed by atoms with E-state index in [1.54, 1.807) is 18.6 Å². The van der Waals surface area contributed by atoms with Gasteiger partial charge in [0.25, 0.3) is 0 Å². The molecule has 0 amide bonds. The van der Waals surface area contributed by atoms with Crippen LogP contribution in [0.3, 0.4) is 0 Å². The van der Waals surface area contributed by atoms with E-state index in [0.717, 1.165) is 11.3 Å². The second-order valence-electron chi connectivity index (χ2n) is 2.96. The van der Waals surface area contributed by atoms with Crippen molar-refractivity contribution in [2.45, 2.75) is 6.92 Å². The van der Waals surface area contributed by atoms with E-state index in [9.17, 15) is 0 Å². The standard InChI is InChI=1S/C11H10N2.ClH/c1-9-2-4-10(5-3-9)11-8-12-6-7-13-11;/h2-8H,1H3;1H. The molecule has 3 heteroatoms. The normalized spacial score (nSPS) is 9.21. The average Bonchev–Trinajstić information content (AvgIpc) is 2.20. The molecule has 0 aliphatic rings. The third-order valence-electron chi connectivity index (χ3n) is 1.91. The van der Waals surface area contributed by atoms with Crippen LogP contribution in [0, 0.1) is 6.92 Å². The topological polar surface area (TPSA) is 25.8 Å². The number of nitrogens with zero attached hydrogens (tertiary/aromatic N) is 2. The number of aryl methyl sites for hydroxylation is 1. The molecule has 2 nitrogen and oxygen atoms in total. The van der Waals surface area contributed by atoms with Gasteiger partial charge in [-0.05, 0) is 6.92 Å². The number of benzene rings is 1. The summed E-state index contributed by atoms with van der Waals surface area (Å²) in [4.78, 5) is 8.24. The number of hydrogen-bond donors (Lipinski definition) is 0. The third kappa shape index (κ3) is 2.30. The van der Waals surface area contributed by atoms with Gasteiger partial charge >= 0.3 is 0 Å². The first-order valence-electron chi connectivity index (χ1n) is 4.19. The fourth-order valence-electron chi connectivity index (χ4n) is 1.17. The molecule has 2 aromatic rings. The van der Waals surface area contributed by atoms with Gasteiger partial charge in [-0.15, -0.1) is 12.4 Å². The maximum Gasteiger partial charge on any atom is 0.0885 e. The van der Waals surface area contributed by atoms with E-state index in [-0.39, 0.29) is 12.4 Å². The van der Waals surface area contributed by atoms with Crippen LogP contribution >= 0.6 is 12.4 Å². The lowest BCUT2D eigenvalue weighted by Gasteiger charge is -1.99. The van der Waals surface area contributed by atoms with Crippen LogP contribution in [0.25, 0.3) is 11.3 Å². The molecular weight excluding hydrogens is 196 g/mol. The zero-order valence-corrected chi connectivity index (χ0v) is 8.66. The zero-order valence-electron chi connectivity index (χ0n) is 7.84. The van der Waals surface area contributed by atoms with Crippen LogP contribution in [0.15, 0.2) is 42.9 Å². The molecule has 0 aliphatic carbocycles. The summed E-state index contributed by atoms with van der Waals surface area (Å²) in [6.45, 7) is 2.07. The Morgan fingerprint density at radius 1 is 1.00 bits per heavy atom. The molecule has 0 saturated carbocycles. The molecule has 1 heterocycles. The number of rotatable bonds is 1. The first kappa shape index (κ1) is 10.7. The molecule has 0 saturated heterocycles. The summed E-state index contributed by atoms with van der Waals surface area (Å²) in [7, 11) is 0. The Hall–Kier alpha value is -1.41. The summed E-state index contributed by atoms with van der Waals surface area (Å²) < 4.78 is 0. The highest BCUT2D eigenvalue weighted by Gasteiger charge is 1.96. The highest BCUT2D eigenvalue weighted by Crippen LogP contribution is 2.15. The lowest BCUT2D eigenvalue weighted by atomic mass is 10.1. The van der Waals surface area contributed by atoms with Crippen molar-refractivity contribution in [2.24, 2.45) is 0 Å². The maximum atomic E-state index is 4.22. The van der Waals surface area contributed by atoms with Crippen molar-refractivity contribution in [3.8, 4) is 11.3 Å². The van der Waals surface area contributed by atoms with Gasteiger partial charge in [-0.3, -0.25) is 9.97 Å². The van der Waals surface area contributed by atoms with Crippen LogP contribution in [0.4, 0.5) is 0 Å². The highest BCUT2D eigenvalue weighted by molar-refractivity contribution is 5.85. The summed E-state index contributed by atoms with van der Waals surface area (Å²) >= 11 is 0. The summed E-state index contributed by atoms with van der Waals surface area (Å²) in [5, 5.41) is 0. The molecule has 0 radical (unpaired) electrons. The second-order valence-corrected chi connectivity index (χ2v) is 2.96. The molecule has 2 rings (SSSR count). The van der Waals surface area contributed by atoms with E-state index in [1.165, 1.54) is 5.56 Å². The largest absolute Gasteiger partial charge is 0.261 e. The first-order valence-corrected chi connectivity index (χ1v) is 4.19. The Labute approximate surface area is 89.4 Å². The van der Waals surface area contributed by atoms with Crippen LogP contribution in [0.1, 0.15) is 5.56 Å². The Balaban J connectivity index is 0.000000980. The minimum Gasteiger partial charge on any atom is -0.261 e. The minimum atomic E-state index is 0. The van der Waals surface area contributed by atoms with Gasteiger partial charge in [0, 0.05) is 18.0 Å². The van der Waals surface area contributed by atoms with Crippen molar-refractivity contribution < 1.29 is 0 Å².